The molecule has 0 aliphatic heterocycles. The second-order valence-corrected chi connectivity index (χ2v) is 9.83. The summed E-state index contributed by atoms with van der Waals surface area (Å²) in [6, 6.07) is 16.8. The highest BCUT2D eigenvalue weighted by Crippen LogP contribution is 2.62. The number of rotatable bonds is 6. The van der Waals surface area contributed by atoms with Crippen LogP contribution in [0.1, 0.15) is 49.7 Å². The highest BCUT2D eigenvalue weighted by Gasteiger charge is 2.52. The third-order valence-corrected chi connectivity index (χ3v) is 7.74. The summed E-state index contributed by atoms with van der Waals surface area (Å²) in [7, 11) is 1.38. The van der Waals surface area contributed by atoms with E-state index in [4.69, 9.17) is 10.00 Å². The molecule has 32 heavy (non-hydrogen) atoms. The molecule has 4 fully saturated rings. The van der Waals surface area contributed by atoms with E-state index in [9.17, 15) is 4.79 Å². The van der Waals surface area contributed by atoms with Gasteiger partial charge in [0.25, 0.3) is 0 Å². The number of hydrogen-bond donors (Lipinski definition) is 0. The van der Waals surface area contributed by atoms with Crippen molar-refractivity contribution in [2.24, 2.45) is 17.8 Å². The summed E-state index contributed by atoms with van der Waals surface area (Å²) < 4.78 is 10.6. The maximum absolute atomic E-state index is 11.3. The smallest absolute Gasteiger partial charge is 0.330 e. The second kappa shape index (κ2) is 8.47. The molecule has 164 valence electrons. The van der Waals surface area contributed by atoms with Crippen molar-refractivity contribution in [3.8, 4) is 22.9 Å². The predicted octanol–water partition coefficient (Wildman–Crippen LogP) is 5.91. The molecule has 4 saturated carbocycles. The predicted molar refractivity (Wildman–Crippen MR) is 124 cm³/mol. The summed E-state index contributed by atoms with van der Waals surface area (Å²) in [5.74, 6) is 3.05. The number of ether oxygens (including phenoxy) is 2. The Morgan fingerprint density at radius 3 is 2.25 bits per heavy atom. The summed E-state index contributed by atoms with van der Waals surface area (Å²) in [6.45, 7) is 0.0833. The molecule has 0 unspecified atom stereocenters. The van der Waals surface area contributed by atoms with Gasteiger partial charge >= 0.3 is 5.97 Å². The fourth-order valence-corrected chi connectivity index (χ4v) is 6.82. The summed E-state index contributed by atoms with van der Waals surface area (Å²) in [6.07, 6.45) is 11.1. The van der Waals surface area contributed by atoms with E-state index in [1.165, 1.54) is 62.8 Å². The van der Waals surface area contributed by atoms with Crippen LogP contribution in [0.25, 0.3) is 17.2 Å². The van der Waals surface area contributed by atoms with E-state index < -0.39 is 0 Å². The van der Waals surface area contributed by atoms with Gasteiger partial charge in [0, 0.05) is 11.6 Å². The van der Waals surface area contributed by atoms with Crippen molar-refractivity contribution in [1.82, 2.24) is 0 Å². The van der Waals surface area contributed by atoms with Gasteiger partial charge in [-0.2, -0.15) is 5.26 Å². The minimum Gasteiger partial charge on any atom is -0.478 e. The van der Waals surface area contributed by atoms with Crippen LogP contribution in [0.5, 0.6) is 5.75 Å². The van der Waals surface area contributed by atoms with E-state index in [2.05, 4.69) is 41.1 Å². The molecule has 4 nitrogen and oxygen atoms in total. The largest absolute Gasteiger partial charge is 0.478 e. The van der Waals surface area contributed by atoms with Gasteiger partial charge in [-0.15, -0.1) is 0 Å². The highest BCUT2D eigenvalue weighted by molar-refractivity contribution is 5.87. The van der Waals surface area contributed by atoms with Crippen LogP contribution >= 0.6 is 0 Å². The first-order valence-corrected chi connectivity index (χ1v) is 11.6. The lowest BCUT2D eigenvalue weighted by Crippen LogP contribution is -2.48. The fraction of sp³-hybridized carbons (Fsp3) is 0.429. The van der Waals surface area contributed by atoms with Crippen LogP contribution in [0.15, 0.2) is 48.5 Å². The topological polar surface area (TPSA) is 59.3 Å². The molecule has 4 aliphatic carbocycles. The molecule has 0 spiro atoms. The zero-order valence-electron chi connectivity index (χ0n) is 18.5. The molecule has 0 atom stereocenters. The van der Waals surface area contributed by atoms with Crippen molar-refractivity contribution in [1.29, 1.82) is 5.26 Å². The summed E-state index contributed by atoms with van der Waals surface area (Å²) in [5, 5.41) is 9.10. The van der Waals surface area contributed by atoms with Crippen LogP contribution in [-0.4, -0.2) is 19.7 Å². The van der Waals surface area contributed by atoms with Gasteiger partial charge in [0.2, 0.25) is 0 Å². The Morgan fingerprint density at radius 2 is 1.66 bits per heavy atom. The number of esters is 1. The maximum atomic E-state index is 11.3. The lowest BCUT2D eigenvalue weighted by molar-refractivity contribution is -0.134. The van der Waals surface area contributed by atoms with Gasteiger partial charge in [-0.3, -0.25) is 0 Å². The third-order valence-electron chi connectivity index (χ3n) is 7.74. The first-order valence-electron chi connectivity index (χ1n) is 11.6. The van der Waals surface area contributed by atoms with Crippen molar-refractivity contribution in [2.45, 2.75) is 43.9 Å². The summed E-state index contributed by atoms with van der Waals surface area (Å²) in [4.78, 5) is 11.3. The number of carbonyl (C=O) groups is 1. The molecule has 4 heteroatoms. The lowest BCUT2D eigenvalue weighted by atomic mass is 9.48. The Bertz CT molecular complexity index is 1040. The van der Waals surface area contributed by atoms with Crippen LogP contribution in [-0.2, 0) is 14.9 Å². The van der Waals surface area contributed by atoms with Gasteiger partial charge < -0.3 is 9.47 Å². The van der Waals surface area contributed by atoms with E-state index >= 15 is 0 Å². The summed E-state index contributed by atoms with van der Waals surface area (Å²) in [5.41, 5.74) is 4.76. The Hall–Kier alpha value is -3.06. The van der Waals surface area contributed by atoms with Gasteiger partial charge in [0.1, 0.15) is 11.8 Å². The van der Waals surface area contributed by atoms with Crippen molar-refractivity contribution in [3.63, 3.8) is 0 Å². The van der Waals surface area contributed by atoms with E-state index in [1.807, 2.05) is 12.1 Å². The number of methoxy groups -OCH3 is 1. The summed E-state index contributed by atoms with van der Waals surface area (Å²) >= 11 is 0. The maximum Gasteiger partial charge on any atom is 0.330 e. The number of carbonyl (C=O) groups excluding carboxylic acids is 1. The van der Waals surface area contributed by atoms with Crippen molar-refractivity contribution in [2.75, 3.05) is 13.7 Å². The zero-order chi connectivity index (χ0) is 22.1. The average molecular weight is 428 g/mol. The first kappa shape index (κ1) is 20.8. The molecule has 2 aromatic rings. The molecule has 6 rings (SSSR count). The number of benzene rings is 2. The Kier molecular flexibility index (Phi) is 5.51. The zero-order valence-corrected chi connectivity index (χ0v) is 18.5. The minimum absolute atomic E-state index is 0.0833. The van der Waals surface area contributed by atoms with Gasteiger partial charge in [-0.25, -0.2) is 4.79 Å². The van der Waals surface area contributed by atoms with E-state index in [-0.39, 0.29) is 18.0 Å². The van der Waals surface area contributed by atoms with Crippen molar-refractivity contribution in [3.05, 3.63) is 59.7 Å². The Morgan fingerprint density at radius 1 is 1.03 bits per heavy atom. The van der Waals surface area contributed by atoms with Crippen LogP contribution in [0.2, 0.25) is 0 Å². The van der Waals surface area contributed by atoms with Gasteiger partial charge in [-0.05, 0) is 96.6 Å². The molecule has 4 aliphatic rings. The molecule has 0 radical (unpaired) electrons. The van der Waals surface area contributed by atoms with Crippen LogP contribution in [0, 0.1) is 29.1 Å². The SMILES string of the molecule is COC(=O)/C=C/c1ccc(-c2ccc(OCC#N)c(C34CC5CC(CC(C5)C3)C4)c2)cc1. The van der Waals surface area contributed by atoms with Crippen molar-refractivity contribution < 1.29 is 14.3 Å². The minimum atomic E-state index is -0.359. The van der Waals surface area contributed by atoms with E-state index in [1.54, 1.807) is 6.08 Å². The third kappa shape index (κ3) is 3.93. The van der Waals surface area contributed by atoms with Gasteiger partial charge in [0.05, 0.1) is 7.11 Å². The van der Waals surface area contributed by atoms with Crippen LogP contribution in [0.4, 0.5) is 0 Å². The van der Waals surface area contributed by atoms with Gasteiger partial charge in [-0.1, -0.05) is 30.3 Å². The standard InChI is InChI=1S/C28H29NO3/c1-31-27(30)9-4-19-2-5-23(6-3-19)24-7-8-26(32-11-10-29)25(15-24)28-16-20-12-21(17-28)14-22(13-20)18-28/h2-9,15,20-22H,11-14,16-18H2,1H3/b9-4+. The van der Waals surface area contributed by atoms with E-state index in [0.29, 0.717) is 0 Å². The second-order valence-electron chi connectivity index (χ2n) is 9.83. The molecule has 0 N–H and O–H groups in total. The Labute approximate surface area is 189 Å². The van der Waals surface area contributed by atoms with Crippen molar-refractivity contribution >= 4 is 12.0 Å². The monoisotopic (exact) mass is 427 g/mol. The molecular weight excluding hydrogens is 398 g/mol. The molecule has 0 amide bonds. The molecule has 0 saturated heterocycles. The first-order chi connectivity index (χ1) is 15.6. The van der Waals surface area contributed by atoms with Crippen LogP contribution in [0.3, 0.4) is 0 Å². The quantitative estimate of drug-likeness (QED) is 0.425. The highest BCUT2D eigenvalue weighted by atomic mass is 16.5. The normalized spacial score (nSPS) is 27.9. The number of hydrogen-bond acceptors (Lipinski definition) is 4. The fourth-order valence-electron chi connectivity index (χ4n) is 6.82. The molecule has 2 aromatic carbocycles. The molecular formula is C28H29NO3. The number of nitriles is 1. The number of nitrogens with zero attached hydrogens (tertiary/aromatic N) is 1. The molecule has 0 aromatic heterocycles. The Balaban J connectivity index is 1.48. The van der Waals surface area contributed by atoms with Gasteiger partial charge in [0.15, 0.2) is 6.61 Å². The lowest BCUT2D eigenvalue weighted by Gasteiger charge is -2.57. The average Bonchev–Trinajstić information content (AvgIpc) is 2.80. The molecule has 4 bridgehead atoms. The molecule has 0 heterocycles. The van der Waals surface area contributed by atoms with E-state index in [0.717, 1.165) is 34.6 Å². The van der Waals surface area contributed by atoms with Crippen LogP contribution < -0.4 is 4.74 Å².